The first kappa shape index (κ1) is 12.7. The maximum Gasteiger partial charge on any atom is 0.0694 e. The smallest absolute Gasteiger partial charge is 0.0694 e. The summed E-state index contributed by atoms with van der Waals surface area (Å²) in [6, 6.07) is 7.03. The van der Waals surface area contributed by atoms with E-state index in [0.29, 0.717) is 18.1 Å². The van der Waals surface area contributed by atoms with Gasteiger partial charge < -0.3 is 10.1 Å². The molecule has 1 saturated carbocycles. The fourth-order valence-corrected chi connectivity index (χ4v) is 4.05. The zero-order chi connectivity index (χ0) is 12.9. The summed E-state index contributed by atoms with van der Waals surface area (Å²) < 4.78 is 7.18. The van der Waals surface area contributed by atoms with Gasteiger partial charge in [-0.05, 0) is 53.6 Å². The number of hydrogen-bond acceptors (Lipinski definition) is 2. The van der Waals surface area contributed by atoms with Gasteiger partial charge in [0.2, 0.25) is 0 Å². The quantitative estimate of drug-likeness (QED) is 0.813. The van der Waals surface area contributed by atoms with Crippen molar-refractivity contribution in [1.82, 2.24) is 0 Å². The van der Waals surface area contributed by atoms with Gasteiger partial charge >= 0.3 is 0 Å². The van der Waals surface area contributed by atoms with Crippen molar-refractivity contribution in [3.63, 3.8) is 0 Å². The van der Waals surface area contributed by atoms with Crippen molar-refractivity contribution in [2.45, 2.75) is 39.3 Å². The Hall–Kier alpha value is -0.290. The number of halogens is 1. The minimum Gasteiger partial charge on any atom is -0.381 e. The van der Waals surface area contributed by atoms with E-state index in [0.717, 1.165) is 6.61 Å². The molecule has 1 N–H and O–H groups in total. The predicted octanol–water partition coefficient (Wildman–Crippen LogP) is 3.83. The van der Waals surface area contributed by atoms with Crippen LogP contribution in [0, 0.1) is 21.8 Å². The molecule has 2 nitrogen and oxygen atoms in total. The average molecular weight is 357 g/mol. The van der Waals surface area contributed by atoms with Gasteiger partial charge in [-0.3, -0.25) is 0 Å². The van der Waals surface area contributed by atoms with Crippen molar-refractivity contribution in [2.24, 2.45) is 11.3 Å². The molecular weight excluding hydrogens is 337 g/mol. The van der Waals surface area contributed by atoms with Crippen LogP contribution in [0.15, 0.2) is 18.2 Å². The Labute approximate surface area is 123 Å². The lowest BCUT2D eigenvalue weighted by molar-refractivity contribution is -0.0923. The lowest BCUT2D eigenvalue weighted by atomic mass is 9.57. The second-order valence-electron chi connectivity index (χ2n) is 6.10. The van der Waals surface area contributed by atoms with Crippen molar-refractivity contribution in [3.05, 3.63) is 27.3 Å². The van der Waals surface area contributed by atoms with E-state index < -0.39 is 0 Å². The van der Waals surface area contributed by atoms with Crippen LogP contribution in [0.5, 0.6) is 0 Å². The highest BCUT2D eigenvalue weighted by Crippen LogP contribution is 2.53. The number of benzene rings is 1. The Morgan fingerprint density at radius 2 is 2.17 bits per heavy atom. The van der Waals surface area contributed by atoms with Gasteiger partial charge in [0.15, 0.2) is 0 Å². The fourth-order valence-electron chi connectivity index (χ4n) is 3.55. The molecule has 1 aromatic rings. The number of fused-ring (bicyclic) bond motifs is 1. The predicted molar refractivity (Wildman–Crippen MR) is 82.9 cm³/mol. The summed E-state index contributed by atoms with van der Waals surface area (Å²) in [6.07, 6.45) is 1.66. The normalized spacial score (nSPS) is 32.8. The molecule has 98 valence electrons. The Morgan fingerprint density at radius 1 is 1.39 bits per heavy atom. The summed E-state index contributed by atoms with van der Waals surface area (Å²) in [4.78, 5) is 0. The number of nitrogens with one attached hydrogen (secondary N) is 1. The Morgan fingerprint density at radius 3 is 2.94 bits per heavy atom. The van der Waals surface area contributed by atoms with E-state index in [1.54, 1.807) is 0 Å². The fraction of sp³-hybridized carbons (Fsp3) is 0.600. The van der Waals surface area contributed by atoms with Crippen molar-refractivity contribution in [3.8, 4) is 0 Å². The molecule has 0 spiro atoms. The van der Waals surface area contributed by atoms with Gasteiger partial charge in [-0.15, -0.1) is 0 Å². The summed E-state index contributed by atoms with van der Waals surface area (Å²) >= 11 is 2.40. The molecule has 1 heterocycles. The van der Waals surface area contributed by atoms with Gasteiger partial charge in [-0.25, -0.2) is 0 Å². The highest BCUT2D eigenvalue weighted by Gasteiger charge is 2.59. The molecule has 2 aliphatic rings. The van der Waals surface area contributed by atoms with Crippen molar-refractivity contribution >= 4 is 28.3 Å². The van der Waals surface area contributed by atoms with Gasteiger partial charge in [0.05, 0.1) is 6.10 Å². The van der Waals surface area contributed by atoms with E-state index in [-0.39, 0.29) is 5.41 Å². The summed E-state index contributed by atoms with van der Waals surface area (Å²) in [5.41, 5.74) is 2.89. The monoisotopic (exact) mass is 357 g/mol. The highest BCUT2D eigenvalue weighted by atomic mass is 127. The topological polar surface area (TPSA) is 21.3 Å². The van der Waals surface area contributed by atoms with E-state index in [2.05, 4.69) is 66.9 Å². The molecule has 3 unspecified atom stereocenters. The first-order chi connectivity index (χ1) is 8.51. The van der Waals surface area contributed by atoms with Gasteiger partial charge in [0, 0.05) is 33.2 Å². The molecule has 3 rings (SSSR count). The minimum absolute atomic E-state index is 0.245. The summed E-state index contributed by atoms with van der Waals surface area (Å²) in [6.45, 7) is 7.77. The van der Waals surface area contributed by atoms with Crippen LogP contribution in [0.2, 0.25) is 0 Å². The van der Waals surface area contributed by atoms with Crippen LogP contribution in [0.1, 0.15) is 25.8 Å². The molecule has 3 heteroatoms. The third kappa shape index (κ3) is 1.78. The lowest BCUT2D eigenvalue weighted by Gasteiger charge is -2.55. The van der Waals surface area contributed by atoms with Crippen molar-refractivity contribution < 1.29 is 4.74 Å². The summed E-state index contributed by atoms with van der Waals surface area (Å²) in [7, 11) is 0. The number of ether oxygens (including phenoxy) is 1. The molecule has 1 saturated heterocycles. The molecule has 1 aliphatic carbocycles. The second-order valence-corrected chi connectivity index (χ2v) is 7.26. The Kier molecular flexibility index (Phi) is 3.09. The third-order valence-electron chi connectivity index (χ3n) is 4.68. The molecule has 0 bridgehead atoms. The van der Waals surface area contributed by atoms with E-state index in [4.69, 9.17) is 4.74 Å². The number of rotatable bonds is 2. The highest BCUT2D eigenvalue weighted by molar-refractivity contribution is 14.1. The molecule has 1 aliphatic heterocycles. The molecule has 1 aromatic carbocycles. The maximum absolute atomic E-state index is 5.85. The molecular formula is C15H20INO. The van der Waals surface area contributed by atoms with Gasteiger partial charge in [-0.2, -0.15) is 0 Å². The SMILES string of the molecule is Cc1c(I)cccc1NC1C2CCOC2C1(C)C. The Bertz CT molecular complexity index is 472. The van der Waals surface area contributed by atoms with E-state index in [9.17, 15) is 0 Å². The first-order valence-corrected chi connectivity index (χ1v) is 7.73. The van der Waals surface area contributed by atoms with Crippen LogP contribution in [-0.2, 0) is 4.74 Å². The van der Waals surface area contributed by atoms with Crippen molar-refractivity contribution in [1.29, 1.82) is 0 Å². The zero-order valence-electron chi connectivity index (χ0n) is 11.2. The average Bonchev–Trinajstić information content (AvgIpc) is 2.77. The second kappa shape index (κ2) is 4.37. The minimum atomic E-state index is 0.245. The Balaban J connectivity index is 1.83. The largest absolute Gasteiger partial charge is 0.381 e. The molecule has 2 fully saturated rings. The standard InChI is InChI=1S/C15H20INO/c1-9-11(16)5-4-6-12(9)17-13-10-7-8-18-14(10)15(13,2)3/h4-6,10,13-14,17H,7-8H2,1-3H3. The van der Waals surface area contributed by atoms with Crippen LogP contribution in [0.4, 0.5) is 5.69 Å². The van der Waals surface area contributed by atoms with Gasteiger partial charge in [0.25, 0.3) is 0 Å². The third-order valence-corrected chi connectivity index (χ3v) is 5.85. The number of hydrogen-bond donors (Lipinski definition) is 1. The van der Waals surface area contributed by atoms with Crippen LogP contribution in [0.3, 0.4) is 0 Å². The number of anilines is 1. The lowest BCUT2D eigenvalue weighted by Crippen LogP contribution is -2.63. The van der Waals surface area contributed by atoms with Crippen LogP contribution < -0.4 is 5.32 Å². The maximum atomic E-state index is 5.85. The van der Waals surface area contributed by atoms with Crippen LogP contribution in [0.25, 0.3) is 0 Å². The van der Waals surface area contributed by atoms with Crippen LogP contribution >= 0.6 is 22.6 Å². The molecule has 3 atom stereocenters. The van der Waals surface area contributed by atoms with Crippen molar-refractivity contribution in [2.75, 3.05) is 11.9 Å². The van der Waals surface area contributed by atoms with Crippen LogP contribution in [-0.4, -0.2) is 18.8 Å². The zero-order valence-corrected chi connectivity index (χ0v) is 13.3. The molecule has 0 radical (unpaired) electrons. The molecule has 18 heavy (non-hydrogen) atoms. The summed E-state index contributed by atoms with van der Waals surface area (Å²) in [5, 5.41) is 3.76. The summed E-state index contributed by atoms with van der Waals surface area (Å²) in [5.74, 6) is 0.692. The first-order valence-electron chi connectivity index (χ1n) is 6.65. The van der Waals surface area contributed by atoms with E-state index in [1.165, 1.54) is 21.2 Å². The van der Waals surface area contributed by atoms with Gasteiger partial charge in [0.1, 0.15) is 0 Å². The van der Waals surface area contributed by atoms with Gasteiger partial charge in [-0.1, -0.05) is 19.9 Å². The van der Waals surface area contributed by atoms with E-state index in [1.807, 2.05) is 0 Å². The molecule has 0 aromatic heterocycles. The molecule has 0 amide bonds. The van der Waals surface area contributed by atoms with E-state index >= 15 is 0 Å².